The second-order valence-electron chi connectivity index (χ2n) is 6.54. The fraction of sp³-hybridized carbons (Fsp3) is 0.500. The summed E-state index contributed by atoms with van der Waals surface area (Å²) in [5.41, 5.74) is 1.68. The molecule has 0 bridgehead atoms. The van der Waals surface area contributed by atoms with Crippen molar-refractivity contribution in [2.45, 2.75) is 40.0 Å². The number of rotatable bonds is 3. The molecule has 1 heterocycles. The highest BCUT2D eigenvalue weighted by atomic mass is 16.5. The molecule has 0 saturated heterocycles. The molecular weight excluding hydrogens is 268 g/mol. The summed E-state index contributed by atoms with van der Waals surface area (Å²) in [6.45, 7) is 10.4. The molecule has 1 aromatic carbocycles. The smallest absolute Gasteiger partial charge is 0.411 e. The molecule has 2 rings (SSSR count). The van der Waals surface area contributed by atoms with Gasteiger partial charge in [-0.1, -0.05) is 40.7 Å². The van der Waals surface area contributed by atoms with E-state index in [1.165, 1.54) is 0 Å². The van der Waals surface area contributed by atoms with Crippen molar-refractivity contribution in [2.75, 3.05) is 11.9 Å². The van der Waals surface area contributed by atoms with E-state index >= 15 is 0 Å². The van der Waals surface area contributed by atoms with E-state index in [2.05, 4.69) is 10.3 Å². The molecule has 0 saturated carbocycles. The average molecular weight is 290 g/mol. The Bertz CT molecular complexity index is 638. The number of para-hydroxylation sites is 1. The number of aromatic nitrogens is 1. The van der Waals surface area contributed by atoms with Crippen LogP contribution in [-0.2, 0) is 10.2 Å². The zero-order chi connectivity index (χ0) is 15.6. The summed E-state index contributed by atoms with van der Waals surface area (Å²) in [5.74, 6) is 0.937. The van der Waals surface area contributed by atoms with E-state index < -0.39 is 6.09 Å². The van der Waals surface area contributed by atoms with E-state index in [0.717, 1.165) is 5.52 Å². The maximum atomic E-state index is 11.8. The quantitative estimate of drug-likeness (QED) is 0.913. The third kappa shape index (κ3) is 3.74. The number of anilines is 1. The maximum Gasteiger partial charge on any atom is 0.411 e. The number of nitrogens with zero attached hydrogens (tertiary/aromatic N) is 1. The van der Waals surface area contributed by atoms with Gasteiger partial charge in [-0.15, -0.1) is 0 Å². The molecule has 0 aliphatic rings. The first-order chi connectivity index (χ1) is 9.77. The first kappa shape index (κ1) is 15.4. The summed E-state index contributed by atoms with van der Waals surface area (Å²) < 4.78 is 10.9. The summed E-state index contributed by atoms with van der Waals surface area (Å²) in [6, 6.07) is 5.46. The van der Waals surface area contributed by atoms with Crippen molar-refractivity contribution in [2.24, 2.45) is 5.92 Å². The molecule has 1 aromatic heterocycles. The number of carbonyl (C=O) groups excluding carboxylic acids is 1. The molecule has 0 spiro atoms. The van der Waals surface area contributed by atoms with Gasteiger partial charge in [-0.3, -0.25) is 5.32 Å². The first-order valence-electron chi connectivity index (χ1n) is 7.11. The van der Waals surface area contributed by atoms with Gasteiger partial charge in [0, 0.05) is 5.41 Å². The first-order valence-corrected chi connectivity index (χ1v) is 7.11. The SMILES string of the molecule is CC(C)COC(=O)Nc1cccc2nc(C(C)(C)C)oc12. The molecule has 1 amide bonds. The van der Waals surface area contributed by atoms with E-state index in [-0.39, 0.29) is 5.41 Å². The van der Waals surface area contributed by atoms with Crippen LogP contribution < -0.4 is 5.32 Å². The van der Waals surface area contributed by atoms with Crippen molar-refractivity contribution in [3.05, 3.63) is 24.1 Å². The predicted octanol–water partition coefficient (Wildman–Crippen LogP) is 4.33. The van der Waals surface area contributed by atoms with E-state index in [1.807, 2.05) is 46.8 Å². The van der Waals surface area contributed by atoms with Gasteiger partial charge in [0.15, 0.2) is 5.58 Å². The molecular formula is C16H22N2O3. The second kappa shape index (κ2) is 5.76. The zero-order valence-electron chi connectivity index (χ0n) is 13.2. The zero-order valence-corrected chi connectivity index (χ0v) is 13.2. The topological polar surface area (TPSA) is 64.4 Å². The Morgan fingerprint density at radius 2 is 2.10 bits per heavy atom. The fourth-order valence-corrected chi connectivity index (χ4v) is 1.76. The second-order valence-corrected chi connectivity index (χ2v) is 6.54. The van der Waals surface area contributed by atoms with Crippen molar-refractivity contribution in [3.8, 4) is 0 Å². The molecule has 114 valence electrons. The Kier molecular flexibility index (Phi) is 4.21. The van der Waals surface area contributed by atoms with E-state index in [4.69, 9.17) is 9.15 Å². The third-order valence-electron chi connectivity index (χ3n) is 2.84. The Morgan fingerprint density at radius 3 is 2.71 bits per heavy atom. The molecule has 0 unspecified atom stereocenters. The number of ether oxygens (including phenoxy) is 1. The molecule has 0 fully saturated rings. The van der Waals surface area contributed by atoms with Crippen LogP contribution in [0, 0.1) is 5.92 Å². The molecule has 2 aromatic rings. The number of hydrogen-bond acceptors (Lipinski definition) is 4. The number of fused-ring (bicyclic) bond motifs is 1. The standard InChI is InChI=1S/C16H22N2O3/c1-10(2)9-20-15(19)18-12-8-6-7-11-13(12)21-14(17-11)16(3,4)5/h6-8,10H,9H2,1-5H3,(H,18,19). The van der Waals surface area contributed by atoms with Gasteiger partial charge in [-0.2, -0.15) is 0 Å². The van der Waals surface area contributed by atoms with Gasteiger partial charge in [0.2, 0.25) is 5.89 Å². The Labute approximate surface area is 124 Å². The van der Waals surface area contributed by atoms with Gasteiger partial charge in [0.25, 0.3) is 0 Å². The van der Waals surface area contributed by atoms with Gasteiger partial charge in [-0.05, 0) is 18.1 Å². The van der Waals surface area contributed by atoms with Gasteiger partial charge >= 0.3 is 6.09 Å². The van der Waals surface area contributed by atoms with Gasteiger partial charge in [-0.25, -0.2) is 9.78 Å². The molecule has 0 aliphatic heterocycles. The van der Waals surface area contributed by atoms with Gasteiger partial charge < -0.3 is 9.15 Å². The minimum atomic E-state index is -0.482. The maximum absolute atomic E-state index is 11.8. The van der Waals surface area contributed by atoms with Gasteiger partial charge in [0.05, 0.1) is 12.3 Å². The van der Waals surface area contributed by atoms with Crippen LogP contribution in [0.3, 0.4) is 0 Å². The highest BCUT2D eigenvalue weighted by molar-refractivity contribution is 5.95. The molecule has 0 atom stereocenters. The van der Waals surface area contributed by atoms with E-state index in [9.17, 15) is 4.79 Å². The Balaban J connectivity index is 2.24. The summed E-state index contributed by atoms with van der Waals surface area (Å²) in [7, 11) is 0. The van der Waals surface area contributed by atoms with Crippen LogP contribution >= 0.6 is 0 Å². The van der Waals surface area contributed by atoms with Crippen molar-refractivity contribution >= 4 is 22.9 Å². The van der Waals surface area contributed by atoms with Crippen molar-refractivity contribution in [1.82, 2.24) is 4.98 Å². The lowest BCUT2D eigenvalue weighted by atomic mass is 9.97. The van der Waals surface area contributed by atoms with E-state index in [1.54, 1.807) is 6.07 Å². The highest BCUT2D eigenvalue weighted by Crippen LogP contribution is 2.30. The molecule has 0 radical (unpaired) electrons. The van der Waals surface area contributed by atoms with Crippen molar-refractivity contribution < 1.29 is 13.9 Å². The molecule has 1 N–H and O–H groups in total. The monoisotopic (exact) mass is 290 g/mol. The van der Waals surface area contributed by atoms with Crippen molar-refractivity contribution in [3.63, 3.8) is 0 Å². The lowest BCUT2D eigenvalue weighted by Gasteiger charge is -2.12. The normalized spacial score (nSPS) is 11.9. The third-order valence-corrected chi connectivity index (χ3v) is 2.84. The highest BCUT2D eigenvalue weighted by Gasteiger charge is 2.22. The number of carbonyl (C=O) groups is 1. The van der Waals surface area contributed by atoms with Crippen LogP contribution in [0.1, 0.15) is 40.5 Å². The minimum Gasteiger partial charge on any atom is -0.449 e. The van der Waals surface area contributed by atoms with Crippen LogP contribution in [0.5, 0.6) is 0 Å². The van der Waals surface area contributed by atoms with Crippen LogP contribution in [0.2, 0.25) is 0 Å². The lowest BCUT2D eigenvalue weighted by molar-refractivity contribution is 0.147. The minimum absolute atomic E-state index is 0.186. The number of nitrogens with one attached hydrogen (secondary N) is 1. The lowest BCUT2D eigenvalue weighted by Crippen LogP contribution is -2.16. The molecule has 0 aliphatic carbocycles. The van der Waals surface area contributed by atoms with Crippen molar-refractivity contribution in [1.29, 1.82) is 0 Å². The van der Waals surface area contributed by atoms with Crippen LogP contribution in [0.4, 0.5) is 10.5 Å². The number of hydrogen-bond donors (Lipinski definition) is 1. The van der Waals surface area contributed by atoms with Gasteiger partial charge in [0.1, 0.15) is 5.52 Å². The largest absolute Gasteiger partial charge is 0.449 e. The summed E-state index contributed by atoms with van der Waals surface area (Å²) in [5, 5.41) is 2.71. The summed E-state index contributed by atoms with van der Waals surface area (Å²) in [6.07, 6.45) is -0.482. The summed E-state index contributed by atoms with van der Waals surface area (Å²) >= 11 is 0. The molecule has 21 heavy (non-hydrogen) atoms. The molecule has 5 nitrogen and oxygen atoms in total. The Hall–Kier alpha value is -2.04. The number of benzene rings is 1. The predicted molar refractivity (Wildman–Crippen MR) is 82.5 cm³/mol. The van der Waals surface area contributed by atoms with Crippen LogP contribution in [0.15, 0.2) is 22.6 Å². The number of amides is 1. The van der Waals surface area contributed by atoms with Crippen LogP contribution in [0.25, 0.3) is 11.1 Å². The summed E-state index contributed by atoms with van der Waals surface area (Å²) in [4.78, 5) is 16.2. The van der Waals surface area contributed by atoms with Crippen LogP contribution in [-0.4, -0.2) is 17.7 Å². The van der Waals surface area contributed by atoms with E-state index in [0.29, 0.717) is 29.7 Å². The molecule has 5 heteroatoms. The number of oxazole rings is 1. The Morgan fingerprint density at radius 1 is 1.38 bits per heavy atom. The average Bonchev–Trinajstić information content (AvgIpc) is 2.81. The fourth-order valence-electron chi connectivity index (χ4n) is 1.76.